The minimum Gasteiger partial charge on any atom is -0.352 e. The number of nitrogens with one attached hydrogen (secondary N) is 1. The van der Waals surface area contributed by atoms with Crippen LogP contribution in [-0.4, -0.2) is 27.3 Å². The van der Waals surface area contributed by atoms with E-state index in [-0.39, 0.29) is 17.8 Å². The van der Waals surface area contributed by atoms with Gasteiger partial charge in [-0.05, 0) is 24.1 Å². The number of thioether (sulfide) groups is 1. The maximum atomic E-state index is 12.8. The molecule has 2 rings (SSSR count). The highest BCUT2D eigenvalue weighted by Gasteiger charge is 2.10. The molecule has 4 nitrogen and oxygen atoms in total. The van der Waals surface area contributed by atoms with Crippen LogP contribution in [0, 0.1) is 5.82 Å². The summed E-state index contributed by atoms with van der Waals surface area (Å²) in [6.45, 7) is 2.80. The van der Waals surface area contributed by atoms with Crippen LogP contribution in [0.25, 0.3) is 0 Å². The highest BCUT2D eigenvalue weighted by molar-refractivity contribution is 7.98. The zero-order valence-electron chi connectivity index (χ0n) is 13.2. The normalized spacial score (nSPS) is 12.1. The Balaban J connectivity index is 1.64. The number of carbonyl (C=O) groups is 1. The van der Waals surface area contributed by atoms with E-state index in [2.05, 4.69) is 17.2 Å². The fraction of sp³-hybridized carbons (Fsp3) is 0.412. The van der Waals surface area contributed by atoms with Gasteiger partial charge in [0.15, 0.2) is 0 Å². The molecule has 1 heterocycles. The molecule has 0 aliphatic carbocycles. The number of hydrogen-bond acceptors (Lipinski definition) is 3. The fourth-order valence-electron chi connectivity index (χ4n) is 2.16. The molecule has 0 fully saturated rings. The number of amides is 1. The Morgan fingerprint density at radius 1 is 1.39 bits per heavy atom. The van der Waals surface area contributed by atoms with Crippen molar-refractivity contribution in [1.82, 2.24) is 14.9 Å². The summed E-state index contributed by atoms with van der Waals surface area (Å²) in [5.41, 5.74) is 1.07. The van der Waals surface area contributed by atoms with Gasteiger partial charge in [-0.15, -0.1) is 0 Å². The average molecular weight is 335 g/mol. The lowest BCUT2D eigenvalue weighted by atomic mass is 10.2. The molecular formula is C17H22FN3OS. The Morgan fingerprint density at radius 3 is 2.83 bits per heavy atom. The van der Waals surface area contributed by atoms with Crippen LogP contribution in [0.1, 0.15) is 25.3 Å². The summed E-state index contributed by atoms with van der Waals surface area (Å²) in [6.07, 6.45) is 6.76. The highest BCUT2D eigenvalue weighted by atomic mass is 32.2. The van der Waals surface area contributed by atoms with E-state index in [9.17, 15) is 9.18 Å². The number of aromatic nitrogens is 2. The zero-order chi connectivity index (χ0) is 16.5. The molecule has 1 amide bonds. The number of carbonyl (C=O) groups excluding carboxylic acids is 1. The molecule has 0 unspecified atom stereocenters. The quantitative estimate of drug-likeness (QED) is 0.716. The first-order valence-corrected chi connectivity index (χ1v) is 8.90. The summed E-state index contributed by atoms with van der Waals surface area (Å²) < 4.78 is 14.8. The number of halogens is 1. The molecular weight excluding hydrogens is 313 g/mol. The third-order valence-electron chi connectivity index (χ3n) is 3.50. The first-order valence-electron chi connectivity index (χ1n) is 7.74. The van der Waals surface area contributed by atoms with E-state index in [4.69, 9.17) is 0 Å². The fourth-order valence-corrected chi connectivity index (χ4v) is 3.06. The molecule has 0 saturated heterocycles. The summed E-state index contributed by atoms with van der Waals surface area (Å²) in [4.78, 5) is 16.0. The van der Waals surface area contributed by atoms with Crippen LogP contribution in [0.3, 0.4) is 0 Å². The van der Waals surface area contributed by atoms with Crippen molar-refractivity contribution in [1.29, 1.82) is 0 Å². The van der Waals surface area contributed by atoms with Crippen molar-refractivity contribution in [3.63, 3.8) is 0 Å². The van der Waals surface area contributed by atoms with E-state index < -0.39 is 0 Å². The third kappa shape index (κ3) is 6.44. The van der Waals surface area contributed by atoms with Gasteiger partial charge in [0.1, 0.15) is 5.82 Å². The Hall–Kier alpha value is -1.82. The largest absolute Gasteiger partial charge is 0.352 e. The van der Waals surface area contributed by atoms with E-state index in [0.717, 1.165) is 30.0 Å². The van der Waals surface area contributed by atoms with Gasteiger partial charge in [-0.2, -0.15) is 11.8 Å². The number of imidazole rings is 1. The summed E-state index contributed by atoms with van der Waals surface area (Å²) in [7, 11) is 0. The predicted molar refractivity (Wildman–Crippen MR) is 91.6 cm³/mol. The molecule has 2 aromatic rings. The first-order chi connectivity index (χ1) is 11.2. The van der Waals surface area contributed by atoms with E-state index in [1.807, 2.05) is 10.8 Å². The molecule has 0 radical (unpaired) electrons. The first kappa shape index (κ1) is 17.5. The molecule has 1 atom stereocenters. The van der Waals surface area contributed by atoms with Crippen molar-refractivity contribution in [2.45, 2.75) is 38.1 Å². The molecule has 23 heavy (non-hydrogen) atoms. The number of hydrogen-bond donors (Lipinski definition) is 1. The smallest absolute Gasteiger partial charge is 0.221 e. The SMILES string of the molecule is CC[C@H](Cn1ccnc1)NC(=O)CCSCc1ccc(F)cc1. The molecule has 0 bridgehead atoms. The maximum Gasteiger partial charge on any atom is 0.221 e. The van der Waals surface area contributed by atoms with Crippen molar-refractivity contribution < 1.29 is 9.18 Å². The summed E-state index contributed by atoms with van der Waals surface area (Å²) in [5.74, 6) is 1.40. The second-order valence-corrected chi connectivity index (χ2v) is 6.47. The van der Waals surface area contributed by atoms with Crippen LogP contribution in [0.2, 0.25) is 0 Å². The van der Waals surface area contributed by atoms with Crippen LogP contribution in [-0.2, 0) is 17.1 Å². The molecule has 0 aliphatic heterocycles. The van der Waals surface area contributed by atoms with Crippen LogP contribution < -0.4 is 5.32 Å². The minimum absolute atomic E-state index is 0.0728. The molecule has 1 aromatic heterocycles. The van der Waals surface area contributed by atoms with Crippen molar-refractivity contribution >= 4 is 17.7 Å². The number of rotatable bonds is 9. The van der Waals surface area contributed by atoms with E-state index in [0.29, 0.717) is 6.42 Å². The van der Waals surface area contributed by atoms with Gasteiger partial charge in [0, 0.05) is 42.9 Å². The van der Waals surface area contributed by atoms with E-state index in [1.54, 1.807) is 36.4 Å². The van der Waals surface area contributed by atoms with Crippen molar-refractivity contribution in [2.24, 2.45) is 0 Å². The lowest BCUT2D eigenvalue weighted by molar-refractivity contribution is -0.121. The average Bonchev–Trinajstić information content (AvgIpc) is 3.05. The number of benzene rings is 1. The van der Waals surface area contributed by atoms with Gasteiger partial charge < -0.3 is 9.88 Å². The summed E-state index contributed by atoms with van der Waals surface area (Å²) >= 11 is 1.68. The lowest BCUT2D eigenvalue weighted by Crippen LogP contribution is -2.37. The van der Waals surface area contributed by atoms with Crippen LogP contribution in [0.15, 0.2) is 43.0 Å². The van der Waals surface area contributed by atoms with Gasteiger partial charge in [-0.3, -0.25) is 4.79 Å². The molecule has 6 heteroatoms. The Bertz CT molecular complexity index is 586. The molecule has 124 valence electrons. The van der Waals surface area contributed by atoms with Crippen molar-refractivity contribution in [3.05, 3.63) is 54.4 Å². The standard InChI is InChI=1S/C17H22FN3OS/c1-2-16(11-21-9-8-19-13-21)20-17(22)7-10-23-12-14-3-5-15(18)6-4-14/h3-6,8-9,13,16H,2,7,10-12H2,1H3,(H,20,22)/t16-/m1/s1. The van der Waals surface area contributed by atoms with E-state index >= 15 is 0 Å². The van der Waals surface area contributed by atoms with Crippen LogP contribution in [0.5, 0.6) is 0 Å². The van der Waals surface area contributed by atoms with Crippen LogP contribution >= 0.6 is 11.8 Å². The van der Waals surface area contributed by atoms with Gasteiger partial charge in [0.05, 0.1) is 6.33 Å². The highest BCUT2D eigenvalue weighted by Crippen LogP contribution is 2.13. The molecule has 0 spiro atoms. The lowest BCUT2D eigenvalue weighted by Gasteiger charge is -2.17. The molecule has 1 N–H and O–H groups in total. The predicted octanol–water partition coefficient (Wildman–Crippen LogP) is 3.24. The van der Waals surface area contributed by atoms with Gasteiger partial charge >= 0.3 is 0 Å². The Morgan fingerprint density at radius 2 is 2.17 bits per heavy atom. The Kier molecular flexibility index (Phi) is 7.13. The van der Waals surface area contributed by atoms with Gasteiger partial charge in [-0.1, -0.05) is 19.1 Å². The number of nitrogens with zero attached hydrogens (tertiary/aromatic N) is 2. The monoisotopic (exact) mass is 335 g/mol. The van der Waals surface area contributed by atoms with Crippen LogP contribution in [0.4, 0.5) is 4.39 Å². The third-order valence-corrected chi connectivity index (χ3v) is 4.53. The van der Waals surface area contributed by atoms with Crippen molar-refractivity contribution in [2.75, 3.05) is 5.75 Å². The minimum atomic E-state index is -0.221. The summed E-state index contributed by atoms with van der Waals surface area (Å²) in [5, 5.41) is 3.06. The summed E-state index contributed by atoms with van der Waals surface area (Å²) in [6, 6.07) is 6.61. The molecule has 0 saturated carbocycles. The second-order valence-electron chi connectivity index (χ2n) is 5.36. The second kappa shape index (κ2) is 9.35. The molecule has 1 aromatic carbocycles. The zero-order valence-corrected chi connectivity index (χ0v) is 14.1. The van der Waals surface area contributed by atoms with Gasteiger partial charge in [0.25, 0.3) is 0 Å². The van der Waals surface area contributed by atoms with Gasteiger partial charge in [0.2, 0.25) is 5.91 Å². The topological polar surface area (TPSA) is 46.9 Å². The maximum absolute atomic E-state index is 12.8. The Labute approximate surface area is 140 Å². The van der Waals surface area contributed by atoms with Gasteiger partial charge in [-0.25, -0.2) is 9.37 Å². The van der Waals surface area contributed by atoms with Crippen molar-refractivity contribution in [3.8, 4) is 0 Å². The molecule has 0 aliphatic rings. The van der Waals surface area contributed by atoms with E-state index in [1.165, 1.54) is 12.1 Å².